The van der Waals surface area contributed by atoms with Gasteiger partial charge >= 0.3 is 0 Å². The molecule has 1 unspecified atom stereocenters. The summed E-state index contributed by atoms with van der Waals surface area (Å²) >= 11 is 2.39. The van der Waals surface area contributed by atoms with Crippen molar-refractivity contribution in [3.8, 4) is 0 Å². The average Bonchev–Trinajstić information content (AvgIpc) is 3.11. The lowest BCUT2D eigenvalue weighted by Crippen LogP contribution is -2.25. The van der Waals surface area contributed by atoms with Gasteiger partial charge in [-0.1, -0.05) is 12.8 Å². The van der Waals surface area contributed by atoms with E-state index in [0.29, 0.717) is 5.92 Å². The Morgan fingerprint density at radius 3 is 2.60 bits per heavy atom. The SMILES string of the molecule is CNc1nc(C2(C)CCCO2)nc(C2CCCC2)c1I. The third-order valence-corrected chi connectivity index (χ3v) is 5.61. The number of hydrogen-bond acceptors (Lipinski definition) is 4. The first-order chi connectivity index (χ1) is 9.64. The van der Waals surface area contributed by atoms with Gasteiger partial charge in [-0.15, -0.1) is 0 Å². The highest BCUT2D eigenvalue weighted by Crippen LogP contribution is 2.40. The standard InChI is InChI=1S/C15H22IN3O/c1-15(8-5-9-20-15)14-18-12(10-6-3-4-7-10)11(16)13(17-2)19-14/h10H,3-9H2,1-2H3,(H,17,18,19). The van der Waals surface area contributed by atoms with Gasteiger partial charge in [0.1, 0.15) is 11.4 Å². The van der Waals surface area contributed by atoms with E-state index in [0.717, 1.165) is 31.1 Å². The van der Waals surface area contributed by atoms with Gasteiger partial charge in [-0.25, -0.2) is 9.97 Å². The van der Waals surface area contributed by atoms with Crippen LogP contribution in [0.1, 0.15) is 62.9 Å². The third kappa shape index (κ3) is 2.54. The van der Waals surface area contributed by atoms with Crippen LogP contribution >= 0.6 is 22.6 Å². The summed E-state index contributed by atoms with van der Waals surface area (Å²) in [5, 5.41) is 3.23. The molecular weight excluding hydrogens is 365 g/mol. The highest BCUT2D eigenvalue weighted by Gasteiger charge is 2.36. The maximum atomic E-state index is 5.93. The van der Waals surface area contributed by atoms with E-state index in [2.05, 4.69) is 34.8 Å². The van der Waals surface area contributed by atoms with E-state index in [1.54, 1.807) is 0 Å². The largest absolute Gasteiger partial charge is 0.372 e. The summed E-state index contributed by atoms with van der Waals surface area (Å²) in [6.07, 6.45) is 7.27. The Labute approximate surface area is 134 Å². The summed E-state index contributed by atoms with van der Waals surface area (Å²) in [7, 11) is 1.94. The van der Waals surface area contributed by atoms with E-state index in [4.69, 9.17) is 14.7 Å². The maximum Gasteiger partial charge on any atom is 0.162 e. The van der Waals surface area contributed by atoms with E-state index in [1.165, 1.54) is 34.9 Å². The van der Waals surface area contributed by atoms with Gasteiger partial charge < -0.3 is 10.1 Å². The number of halogens is 1. The van der Waals surface area contributed by atoms with Gasteiger partial charge in [0.25, 0.3) is 0 Å². The highest BCUT2D eigenvalue weighted by molar-refractivity contribution is 14.1. The van der Waals surface area contributed by atoms with E-state index >= 15 is 0 Å². The normalized spacial score (nSPS) is 27.1. The Morgan fingerprint density at radius 1 is 1.25 bits per heavy atom. The van der Waals surface area contributed by atoms with Crippen LogP contribution < -0.4 is 5.32 Å². The van der Waals surface area contributed by atoms with E-state index in [-0.39, 0.29) is 5.60 Å². The first-order valence-electron chi connectivity index (χ1n) is 7.53. The molecule has 1 N–H and O–H groups in total. The molecule has 0 bridgehead atoms. The first-order valence-corrected chi connectivity index (χ1v) is 8.61. The Morgan fingerprint density at radius 2 is 2.00 bits per heavy atom. The molecule has 2 aliphatic rings. The fourth-order valence-corrected chi connectivity index (χ4v) is 4.24. The Hall–Kier alpha value is -0.430. The van der Waals surface area contributed by atoms with Gasteiger partial charge in [0.15, 0.2) is 5.82 Å². The van der Waals surface area contributed by atoms with Gasteiger partial charge in [0.2, 0.25) is 0 Å². The van der Waals surface area contributed by atoms with Gasteiger partial charge in [-0.3, -0.25) is 0 Å². The van der Waals surface area contributed by atoms with Crippen LogP contribution in [0.25, 0.3) is 0 Å². The van der Waals surface area contributed by atoms with Crippen molar-refractivity contribution in [2.45, 2.75) is 57.0 Å². The quantitative estimate of drug-likeness (QED) is 0.802. The summed E-state index contributed by atoms with van der Waals surface area (Å²) < 4.78 is 7.11. The van der Waals surface area contributed by atoms with Crippen LogP contribution in [0, 0.1) is 3.57 Å². The molecule has 1 saturated carbocycles. The molecule has 0 radical (unpaired) electrons. The predicted octanol–water partition coefficient (Wildman–Crippen LogP) is 3.81. The molecule has 0 spiro atoms. The number of ether oxygens (including phenoxy) is 1. The number of nitrogens with one attached hydrogen (secondary N) is 1. The molecule has 0 aromatic carbocycles. The van der Waals surface area contributed by atoms with Crippen molar-refractivity contribution in [2.75, 3.05) is 19.0 Å². The molecule has 1 saturated heterocycles. The molecule has 1 aromatic rings. The van der Waals surface area contributed by atoms with E-state index < -0.39 is 0 Å². The molecule has 110 valence electrons. The Balaban J connectivity index is 2.04. The molecule has 3 rings (SSSR count). The second-order valence-electron chi connectivity index (χ2n) is 6.01. The highest BCUT2D eigenvalue weighted by atomic mass is 127. The number of rotatable bonds is 3. The van der Waals surface area contributed by atoms with Gasteiger partial charge in [-0.2, -0.15) is 0 Å². The predicted molar refractivity (Wildman–Crippen MR) is 88.0 cm³/mol. The number of nitrogens with zero attached hydrogens (tertiary/aromatic N) is 2. The molecule has 2 fully saturated rings. The minimum atomic E-state index is -0.302. The fourth-order valence-electron chi connectivity index (χ4n) is 3.29. The summed E-state index contributed by atoms with van der Waals surface area (Å²) in [5.74, 6) is 2.41. The van der Waals surface area contributed by atoms with Crippen LogP contribution in [0.4, 0.5) is 5.82 Å². The maximum absolute atomic E-state index is 5.93. The minimum absolute atomic E-state index is 0.302. The van der Waals surface area contributed by atoms with Crippen molar-refractivity contribution < 1.29 is 4.74 Å². The van der Waals surface area contributed by atoms with Crippen LogP contribution in [0.3, 0.4) is 0 Å². The zero-order chi connectivity index (χ0) is 14.2. The van der Waals surface area contributed by atoms with Crippen molar-refractivity contribution in [3.63, 3.8) is 0 Å². The molecular formula is C15H22IN3O. The zero-order valence-electron chi connectivity index (χ0n) is 12.2. The second-order valence-corrected chi connectivity index (χ2v) is 7.09. The molecule has 2 heterocycles. The summed E-state index contributed by atoms with van der Waals surface area (Å²) in [6, 6.07) is 0. The molecule has 4 nitrogen and oxygen atoms in total. The van der Waals surface area contributed by atoms with Crippen LogP contribution in [0.2, 0.25) is 0 Å². The van der Waals surface area contributed by atoms with Crippen molar-refractivity contribution >= 4 is 28.4 Å². The Kier molecular flexibility index (Phi) is 4.17. The lowest BCUT2D eigenvalue weighted by Gasteiger charge is -2.24. The minimum Gasteiger partial charge on any atom is -0.372 e. The molecule has 1 aromatic heterocycles. The van der Waals surface area contributed by atoms with Crippen LogP contribution in [-0.4, -0.2) is 23.6 Å². The molecule has 0 amide bonds. The fraction of sp³-hybridized carbons (Fsp3) is 0.733. The lowest BCUT2D eigenvalue weighted by atomic mass is 9.99. The number of hydrogen-bond donors (Lipinski definition) is 1. The van der Waals surface area contributed by atoms with Crippen molar-refractivity contribution in [2.24, 2.45) is 0 Å². The monoisotopic (exact) mass is 387 g/mol. The van der Waals surface area contributed by atoms with Crippen LogP contribution in [0.15, 0.2) is 0 Å². The van der Waals surface area contributed by atoms with Gasteiger partial charge in [0, 0.05) is 19.6 Å². The Bertz CT molecular complexity index is 494. The van der Waals surface area contributed by atoms with Gasteiger partial charge in [-0.05, 0) is 55.2 Å². The van der Waals surface area contributed by atoms with Crippen molar-refractivity contribution in [3.05, 3.63) is 15.1 Å². The van der Waals surface area contributed by atoms with Gasteiger partial charge in [0.05, 0.1) is 9.26 Å². The van der Waals surface area contributed by atoms with Crippen LogP contribution in [0.5, 0.6) is 0 Å². The summed E-state index contributed by atoms with van der Waals surface area (Å²) in [4.78, 5) is 9.65. The first kappa shape index (κ1) is 14.5. The zero-order valence-corrected chi connectivity index (χ0v) is 14.4. The van der Waals surface area contributed by atoms with Crippen molar-refractivity contribution in [1.82, 2.24) is 9.97 Å². The molecule has 5 heteroatoms. The van der Waals surface area contributed by atoms with Crippen LogP contribution in [-0.2, 0) is 10.3 Å². The lowest BCUT2D eigenvalue weighted by molar-refractivity contribution is 0.00917. The average molecular weight is 387 g/mol. The van der Waals surface area contributed by atoms with E-state index in [9.17, 15) is 0 Å². The molecule has 1 atom stereocenters. The number of anilines is 1. The molecule has 20 heavy (non-hydrogen) atoms. The topological polar surface area (TPSA) is 47.0 Å². The number of aromatic nitrogens is 2. The van der Waals surface area contributed by atoms with Crippen molar-refractivity contribution in [1.29, 1.82) is 0 Å². The van der Waals surface area contributed by atoms with E-state index in [1.807, 2.05) is 7.05 Å². The summed E-state index contributed by atoms with van der Waals surface area (Å²) in [5.41, 5.74) is 0.928. The smallest absolute Gasteiger partial charge is 0.162 e. The third-order valence-electron chi connectivity index (χ3n) is 4.55. The summed E-state index contributed by atoms with van der Waals surface area (Å²) in [6.45, 7) is 2.94. The molecule has 1 aliphatic heterocycles. The molecule has 1 aliphatic carbocycles. The second kappa shape index (κ2) is 5.75.